The van der Waals surface area contributed by atoms with E-state index in [1.54, 1.807) is 42.5 Å². The van der Waals surface area contributed by atoms with E-state index in [0.29, 0.717) is 5.56 Å². The van der Waals surface area contributed by atoms with Crippen molar-refractivity contribution in [3.63, 3.8) is 0 Å². The second kappa shape index (κ2) is 6.92. The highest BCUT2D eigenvalue weighted by Crippen LogP contribution is 2.42. The van der Waals surface area contributed by atoms with Gasteiger partial charge in [-0.1, -0.05) is 48.5 Å². The van der Waals surface area contributed by atoms with Crippen molar-refractivity contribution in [2.75, 3.05) is 5.73 Å². The summed E-state index contributed by atoms with van der Waals surface area (Å²) in [5.41, 5.74) is 4.54. The third-order valence-corrected chi connectivity index (χ3v) is 3.73. The maximum Gasteiger partial charge on any atom is 0.421 e. The minimum atomic E-state index is -4.68. The molecule has 132 valence electrons. The van der Waals surface area contributed by atoms with Crippen LogP contribution in [-0.4, -0.2) is 5.78 Å². The number of hydrogen-bond acceptors (Lipinski definition) is 3. The van der Waals surface area contributed by atoms with Gasteiger partial charge in [-0.2, -0.15) is 13.2 Å². The first-order chi connectivity index (χ1) is 12.4. The van der Waals surface area contributed by atoms with Crippen molar-refractivity contribution in [3.8, 4) is 11.5 Å². The Morgan fingerprint density at radius 1 is 0.808 bits per heavy atom. The fourth-order valence-corrected chi connectivity index (χ4v) is 2.54. The van der Waals surface area contributed by atoms with Crippen LogP contribution in [-0.2, 0) is 6.18 Å². The number of hydrogen-bond donors (Lipinski definition) is 1. The molecule has 3 rings (SSSR count). The smallest absolute Gasteiger partial charge is 0.421 e. The van der Waals surface area contributed by atoms with Crippen LogP contribution < -0.4 is 10.5 Å². The van der Waals surface area contributed by atoms with E-state index in [4.69, 9.17) is 10.5 Å². The molecular weight excluding hydrogens is 343 g/mol. The van der Waals surface area contributed by atoms with E-state index in [2.05, 4.69) is 0 Å². The molecular formula is C20H14F3NO2. The number of anilines is 1. The largest absolute Gasteiger partial charge is 0.456 e. The summed E-state index contributed by atoms with van der Waals surface area (Å²) >= 11 is 0. The molecule has 0 atom stereocenters. The standard InChI is InChI=1S/C20H14F3NO2/c21-20(22,23)18-15(24)10-6-12-17(18)26-16-11-5-4-9-14(16)19(25)13-7-2-1-3-8-13/h1-12H,24H2. The molecule has 0 aliphatic heterocycles. The number of ketones is 1. The van der Waals surface area contributed by atoms with Crippen molar-refractivity contribution in [2.24, 2.45) is 0 Å². The molecule has 0 fully saturated rings. The third-order valence-electron chi connectivity index (χ3n) is 3.73. The second-order valence-corrected chi connectivity index (χ2v) is 5.51. The Labute approximate surface area is 147 Å². The molecule has 3 aromatic rings. The van der Waals surface area contributed by atoms with Crippen LogP contribution >= 0.6 is 0 Å². The van der Waals surface area contributed by atoms with Crippen LogP contribution in [0.25, 0.3) is 0 Å². The second-order valence-electron chi connectivity index (χ2n) is 5.51. The number of carbonyl (C=O) groups is 1. The highest BCUT2D eigenvalue weighted by molar-refractivity contribution is 6.10. The summed E-state index contributed by atoms with van der Waals surface area (Å²) in [6, 6.07) is 18.3. The Kier molecular flexibility index (Phi) is 4.67. The van der Waals surface area contributed by atoms with Crippen molar-refractivity contribution >= 4 is 11.5 Å². The zero-order valence-corrected chi connectivity index (χ0v) is 13.5. The Bertz CT molecular complexity index is 937. The monoisotopic (exact) mass is 357 g/mol. The Morgan fingerprint density at radius 3 is 2.12 bits per heavy atom. The summed E-state index contributed by atoms with van der Waals surface area (Å²) in [5, 5.41) is 0. The van der Waals surface area contributed by atoms with Gasteiger partial charge in [0.15, 0.2) is 5.78 Å². The number of benzene rings is 3. The van der Waals surface area contributed by atoms with Gasteiger partial charge in [0, 0.05) is 11.3 Å². The summed E-state index contributed by atoms with van der Waals surface area (Å²) in [7, 11) is 0. The summed E-state index contributed by atoms with van der Waals surface area (Å²) in [6.45, 7) is 0. The van der Waals surface area contributed by atoms with Crippen LogP contribution in [0.2, 0.25) is 0 Å². The van der Waals surface area contributed by atoms with Gasteiger partial charge in [-0.3, -0.25) is 4.79 Å². The first-order valence-electron chi connectivity index (χ1n) is 7.70. The van der Waals surface area contributed by atoms with Crippen LogP contribution in [0.15, 0.2) is 72.8 Å². The van der Waals surface area contributed by atoms with Crippen molar-refractivity contribution in [3.05, 3.63) is 89.5 Å². The number of carbonyl (C=O) groups excluding carboxylic acids is 1. The lowest BCUT2D eigenvalue weighted by Gasteiger charge is -2.17. The molecule has 0 heterocycles. The van der Waals surface area contributed by atoms with Crippen LogP contribution in [0.5, 0.6) is 11.5 Å². The Balaban J connectivity index is 2.04. The topological polar surface area (TPSA) is 52.3 Å². The molecule has 0 spiro atoms. The van der Waals surface area contributed by atoms with E-state index >= 15 is 0 Å². The molecule has 3 nitrogen and oxygen atoms in total. The molecule has 0 amide bonds. The highest BCUT2D eigenvalue weighted by Gasteiger charge is 2.37. The van der Waals surface area contributed by atoms with E-state index in [1.165, 1.54) is 24.3 Å². The summed E-state index contributed by atoms with van der Waals surface area (Å²) < 4.78 is 45.4. The molecule has 0 saturated heterocycles. The molecule has 0 aliphatic carbocycles. The number of nitrogen functional groups attached to an aromatic ring is 1. The third kappa shape index (κ3) is 3.54. The lowest BCUT2D eigenvalue weighted by molar-refractivity contribution is -0.137. The van der Waals surface area contributed by atoms with E-state index in [9.17, 15) is 18.0 Å². The zero-order chi connectivity index (χ0) is 18.7. The SMILES string of the molecule is Nc1cccc(Oc2ccccc2C(=O)c2ccccc2)c1C(F)(F)F. The number of para-hydroxylation sites is 1. The van der Waals surface area contributed by atoms with Crippen LogP contribution in [0, 0.1) is 0 Å². The molecule has 3 aromatic carbocycles. The zero-order valence-electron chi connectivity index (χ0n) is 13.5. The van der Waals surface area contributed by atoms with E-state index < -0.39 is 23.2 Å². The number of rotatable bonds is 4. The van der Waals surface area contributed by atoms with E-state index in [0.717, 1.165) is 6.07 Å². The number of halogens is 3. The van der Waals surface area contributed by atoms with Gasteiger partial charge in [0.2, 0.25) is 0 Å². The van der Waals surface area contributed by atoms with Crippen molar-refractivity contribution < 1.29 is 22.7 Å². The minimum absolute atomic E-state index is 0.0254. The predicted octanol–water partition coefficient (Wildman–Crippen LogP) is 5.31. The average molecular weight is 357 g/mol. The van der Waals surface area contributed by atoms with Crippen LogP contribution in [0.3, 0.4) is 0 Å². The maximum atomic E-state index is 13.3. The summed E-state index contributed by atoms with van der Waals surface area (Å²) in [4.78, 5) is 12.7. The van der Waals surface area contributed by atoms with E-state index in [-0.39, 0.29) is 17.1 Å². The molecule has 0 radical (unpaired) electrons. The normalized spacial score (nSPS) is 11.2. The number of ether oxygens (including phenoxy) is 1. The average Bonchev–Trinajstić information content (AvgIpc) is 2.61. The molecule has 6 heteroatoms. The number of alkyl halides is 3. The molecule has 26 heavy (non-hydrogen) atoms. The molecule has 0 bridgehead atoms. The van der Waals surface area contributed by atoms with Gasteiger partial charge in [0.1, 0.15) is 17.1 Å². The van der Waals surface area contributed by atoms with Gasteiger partial charge >= 0.3 is 6.18 Å². The first-order valence-corrected chi connectivity index (χ1v) is 7.70. The Morgan fingerprint density at radius 2 is 1.42 bits per heavy atom. The highest BCUT2D eigenvalue weighted by atomic mass is 19.4. The maximum absolute atomic E-state index is 13.3. The molecule has 0 saturated carbocycles. The number of nitrogens with two attached hydrogens (primary N) is 1. The van der Waals surface area contributed by atoms with E-state index in [1.807, 2.05) is 0 Å². The summed E-state index contributed by atoms with van der Waals surface area (Å²) in [6.07, 6.45) is -4.68. The van der Waals surface area contributed by atoms with Gasteiger partial charge in [0.25, 0.3) is 0 Å². The van der Waals surface area contributed by atoms with Crippen molar-refractivity contribution in [1.82, 2.24) is 0 Å². The van der Waals surface area contributed by atoms with Gasteiger partial charge in [-0.25, -0.2) is 0 Å². The first kappa shape index (κ1) is 17.5. The molecule has 0 unspecified atom stereocenters. The molecule has 2 N–H and O–H groups in total. The fourth-order valence-electron chi connectivity index (χ4n) is 2.54. The fraction of sp³-hybridized carbons (Fsp3) is 0.0500. The Hall–Kier alpha value is -3.28. The quantitative estimate of drug-likeness (QED) is 0.508. The lowest BCUT2D eigenvalue weighted by atomic mass is 10.0. The van der Waals surface area contributed by atoms with Crippen molar-refractivity contribution in [1.29, 1.82) is 0 Å². The minimum Gasteiger partial charge on any atom is -0.456 e. The van der Waals surface area contributed by atoms with Gasteiger partial charge in [0.05, 0.1) is 5.56 Å². The van der Waals surface area contributed by atoms with Gasteiger partial charge < -0.3 is 10.5 Å². The summed E-state index contributed by atoms with van der Waals surface area (Å²) in [5.74, 6) is -0.776. The van der Waals surface area contributed by atoms with Crippen molar-refractivity contribution in [2.45, 2.75) is 6.18 Å². The molecule has 0 aliphatic rings. The molecule has 0 aromatic heterocycles. The lowest BCUT2D eigenvalue weighted by Crippen LogP contribution is -2.11. The van der Waals surface area contributed by atoms with Gasteiger partial charge in [-0.15, -0.1) is 0 Å². The predicted molar refractivity (Wildman–Crippen MR) is 92.2 cm³/mol. The van der Waals surface area contributed by atoms with Crippen LogP contribution in [0.4, 0.5) is 18.9 Å². The van der Waals surface area contributed by atoms with Gasteiger partial charge in [-0.05, 0) is 24.3 Å². The van der Waals surface area contributed by atoms with Crippen LogP contribution in [0.1, 0.15) is 21.5 Å².